The molecule has 0 aromatic heterocycles. The molecule has 0 aromatic carbocycles. The molecular weight excluding hydrogens is 184 g/mol. The average Bonchev–Trinajstić information content (AvgIpc) is 2.14. The Morgan fingerprint density at radius 2 is 1.93 bits per heavy atom. The van der Waals surface area contributed by atoms with E-state index in [9.17, 15) is 15.0 Å². The van der Waals surface area contributed by atoms with Crippen molar-refractivity contribution in [1.82, 2.24) is 0 Å². The lowest BCUT2D eigenvalue weighted by atomic mass is 10.1. The van der Waals surface area contributed by atoms with Gasteiger partial charge in [0.1, 0.15) is 12.7 Å². The van der Waals surface area contributed by atoms with Gasteiger partial charge in [-0.15, -0.1) is 0 Å². The number of carbonyl (C=O) groups is 1. The average molecular weight is 204 g/mol. The van der Waals surface area contributed by atoms with Gasteiger partial charge >= 0.3 is 5.97 Å². The maximum absolute atomic E-state index is 10.4. The van der Waals surface area contributed by atoms with E-state index in [1.165, 1.54) is 6.92 Å². The first kappa shape index (κ1) is 13.4. The fourth-order valence-electron chi connectivity index (χ4n) is 1.11. The van der Waals surface area contributed by atoms with E-state index in [4.69, 9.17) is 0 Å². The third-order valence-electron chi connectivity index (χ3n) is 2.00. The zero-order chi connectivity index (χ0) is 11.0. The summed E-state index contributed by atoms with van der Waals surface area (Å²) in [5, 5.41) is 18.8. The number of unbranched alkanes of at least 4 members (excludes halogenated alkanes) is 2. The predicted octanol–water partition coefficient (Wildman–Crippen LogP) is 0.852. The van der Waals surface area contributed by atoms with Crippen LogP contribution in [0.5, 0.6) is 0 Å². The Bertz CT molecular complexity index is 158. The first-order valence-electron chi connectivity index (χ1n) is 5.07. The summed E-state index contributed by atoms with van der Waals surface area (Å²) in [6.07, 6.45) is 1.80. The van der Waals surface area contributed by atoms with Crippen molar-refractivity contribution in [3.8, 4) is 0 Å². The molecule has 4 nitrogen and oxygen atoms in total. The second-order valence-corrected chi connectivity index (χ2v) is 3.43. The molecule has 4 heteroatoms. The summed E-state index contributed by atoms with van der Waals surface area (Å²) in [5.41, 5.74) is 0. The minimum atomic E-state index is -0.962. The number of ether oxygens (including phenoxy) is 1. The predicted molar refractivity (Wildman–Crippen MR) is 52.8 cm³/mol. The molecule has 0 heterocycles. The Hall–Kier alpha value is -0.610. The maximum atomic E-state index is 10.4. The number of aliphatic hydroxyl groups excluding tert-OH is 2. The molecule has 14 heavy (non-hydrogen) atoms. The second kappa shape index (κ2) is 7.76. The number of hydrogen-bond donors (Lipinski definition) is 2. The van der Waals surface area contributed by atoms with Crippen LogP contribution in [0.2, 0.25) is 0 Å². The van der Waals surface area contributed by atoms with E-state index in [0.29, 0.717) is 6.42 Å². The van der Waals surface area contributed by atoms with Crippen LogP contribution in [0.4, 0.5) is 0 Å². The van der Waals surface area contributed by atoms with Gasteiger partial charge in [0.05, 0.1) is 6.10 Å². The normalized spacial score (nSPS) is 14.9. The van der Waals surface area contributed by atoms with Gasteiger partial charge in [0.15, 0.2) is 0 Å². The van der Waals surface area contributed by atoms with E-state index in [1.54, 1.807) is 0 Å². The van der Waals surface area contributed by atoms with Crippen molar-refractivity contribution in [1.29, 1.82) is 0 Å². The van der Waals surface area contributed by atoms with Gasteiger partial charge in [-0.1, -0.05) is 26.2 Å². The lowest BCUT2D eigenvalue weighted by Crippen LogP contribution is -2.31. The number of carbonyl (C=O) groups excluding carboxylic acids is 1. The number of rotatable bonds is 7. The third kappa shape index (κ3) is 6.86. The van der Waals surface area contributed by atoms with Crippen molar-refractivity contribution in [3.63, 3.8) is 0 Å². The van der Waals surface area contributed by atoms with Crippen LogP contribution in [0.1, 0.15) is 39.5 Å². The van der Waals surface area contributed by atoms with E-state index in [2.05, 4.69) is 11.7 Å². The van der Waals surface area contributed by atoms with E-state index in [-0.39, 0.29) is 6.61 Å². The highest BCUT2D eigenvalue weighted by molar-refractivity contribution is 5.65. The summed E-state index contributed by atoms with van der Waals surface area (Å²) < 4.78 is 4.58. The topological polar surface area (TPSA) is 66.8 Å². The molecule has 2 N–H and O–H groups in total. The summed E-state index contributed by atoms with van der Waals surface area (Å²) in [6.45, 7) is 3.22. The van der Waals surface area contributed by atoms with Crippen LogP contribution >= 0.6 is 0 Å². The van der Waals surface area contributed by atoms with Gasteiger partial charge in [0.25, 0.3) is 0 Å². The van der Waals surface area contributed by atoms with Crippen LogP contribution < -0.4 is 0 Å². The van der Waals surface area contributed by atoms with Crippen molar-refractivity contribution in [2.75, 3.05) is 6.61 Å². The van der Waals surface area contributed by atoms with Gasteiger partial charge in [-0.25, -0.2) is 0 Å². The highest BCUT2D eigenvalue weighted by Gasteiger charge is 2.16. The highest BCUT2D eigenvalue weighted by atomic mass is 16.5. The van der Waals surface area contributed by atoms with Crippen LogP contribution in [0, 0.1) is 0 Å². The summed E-state index contributed by atoms with van der Waals surface area (Å²) >= 11 is 0. The van der Waals surface area contributed by atoms with Crippen LogP contribution in [0.25, 0.3) is 0 Å². The molecule has 0 aromatic rings. The quantitative estimate of drug-likeness (QED) is 0.476. The fraction of sp³-hybridized carbons (Fsp3) is 0.900. The maximum Gasteiger partial charge on any atom is 0.302 e. The Morgan fingerprint density at radius 1 is 1.29 bits per heavy atom. The van der Waals surface area contributed by atoms with Crippen molar-refractivity contribution in [2.45, 2.75) is 51.7 Å². The molecule has 0 aliphatic rings. The molecule has 0 amide bonds. The molecule has 0 aliphatic heterocycles. The van der Waals surface area contributed by atoms with Crippen LogP contribution in [0.15, 0.2) is 0 Å². The Balaban J connectivity index is 3.53. The van der Waals surface area contributed by atoms with Crippen molar-refractivity contribution in [2.24, 2.45) is 0 Å². The van der Waals surface area contributed by atoms with Crippen LogP contribution in [-0.2, 0) is 9.53 Å². The summed E-state index contributed by atoms with van der Waals surface area (Å²) in [4.78, 5) is 10.4. The molecule has 2 unspecified atom stereocenters. The summed E-state index contributed by atoms with van der Waals surface area (Å²) in [6, 6.07) is 0. The van der Waals surface area contributed by atoms with Crippen LogP contribution in [0.3, 0.4) is 0 Å². The number of aliphatic hydroxyl groups is 2. The number of esters is 1. The lowest BCUT2D eigenvalue weighted by Gasteiger charge is -2.16. The van der Waals surface area contributed by atoms with Crippen molar-refractivity contribution >= 4 is 5.97 Å². The zero-order valence-corrected chi connectivity index (χ0v) is 8.90. The van der Waals surface area contributed by atoms with Gasteiger partial charge in [-0.2, -0.15) is 0 Å². The SMILES string of the molecule is CCCCCC(O)C(O)COC(C)=O. The smallest absolute Gasteiger partial charge is 0.302 e. The zero-order valence-electron chi connectivity index (χ0n) is 8.90. The first-order valence-corrected chi connectivity index (χ1v) is 5.07. The molecule has 0 radical (unpaired) electrons. The molecule has 0 aliphatic carbocycles. The van der Waals surface area contributed by atoms with Gasteiger partial charge in [0, 0.05) is 6.92 Å². The van der Waals surface area contributed by atoms with Gasteiger partial charge < -0.3 is 14.9 Å². The third-order valence-corrected chi connectivity index (χ3v) is 2.00. The largest absolute Gasteiger partial charge is 0.463 e. The molecule has 0 rings (SSSR count). The molecule has 0 saturated heterocycles. The van der Waals surface area contributed by atoms with E-state index >= 15 is 0 Å². The van der Waals surface area contributed by atoms with Crippen molar-refractivity contribution in [3.05, 3.63) is 0 Å². The minimum absolute atomic E-state index is 0.122. The number of hydrogen-bond acceptors (Lipinski definition) is 4. The highest BCUT2D eigenvalue weighted by Crippen LogP contribution is 2.07. The van der Waals surface area contributed by atoms with Gasteiger partial charge in [0.2, 0.25) is 0 Å². The lowest BCUT2D eigenvalue weighted by molar-refractivity contribution is -0.146. The minimum Gasteiger partial charge on any atom is -0.463 e. The fourth-order valence-corrected chi connectivity index (χ4v) is 1.11. The van der Waals surface area contributed by atoms with E-state index < -0.39 is 18.2 Å². The Kier molecular flexibility index (Phi) is 7.42. The van der Waals surface area contributed by atoms with E-state index in [1.807, 2.05) is 0 Å². The van der Waals surface area contributed by atoms with E-state index in [0.717, 1.165) is 19.3 Å². The Morgan fingerprint density at radius 3 is 2.43 bits per heavy atom. The summed E-state index contributed by atoms with van der Waals surface area (Å²) in [5.74, 6) is -0.440. The van der Waals surface area contributed by atoms with Gasteiger partial charge in [-0.3, -0.25) is 4.79 Å². The molecular formula is C10H20O4. The van der Waals surface area contributed by atoms with Crippen LogP contribution in [-0.4, -0.2) is 35.0 Å². The molecule has 0 spiro atoms. The second-order valence-electron chi connectivity index (χ2n) is 3.43. The monoisotopic (exact) mass is 204 g/mol. The molecule has 0 bridgehead atoms. The molecule has 2 atom stereocenters. The molecule has 0 saturated carbocycles. The summed E-state index contributed by atoms with van der Waals surface area (Å²) in [7, 11) is 0. The first-order chi connectivity index (χ1) is 6.57. The van der Waals surface area contributed by atoms with Gasteiger partial charge in [-0.05, 0) is 6.42 Å². The Labute approximate surface area is 84.9 Å². The standard InChI is InChI=1S/C10H20O4/c1-3-4-5-6-9(12)10(13)7-14-8(2)11/h9-10,12-13H,3-7H2,1-2H3. The molecule has 0 fully saturated rings. The molecule has 84 valence electrons. The van der Waals surface area contributed by atoms with Crippen molar-refractivity contribution < 1.29 is 19.7 Å².